The lowest BCUT2D eigenvalue weighted by Gasteiger charge is -2.35. The predicted octanol–water partition coefficient (Wildman–Crippen LogP) is 2.95. The molecule has 1 saturated heterocycles. The summed E-state index contributed by atoms with van der Waals surface area (Å²) >= 11 is 0. The molecule has 1 heterocycles. The molecule has 1 fully saturated rings. The molecule has 1 aromatic rings. The molecular formula is C18H30N2O. The van der Waals surface area contributed by atoms with Crippen LogP contribution in [0.25, 0.3) is 0 Å². The predicted molar refractivity (Wildman–Crippen MR) is 89.0 cm³/mol. The van der Waals surface area contributed by atoms with Gasteiger partial charge in [0.2, 0.25) is 0 Å². The summed E-state index contributed by atoms with van der Waals surface area (Å²) in [5.41, 5.74) is 1.29. The van der Waals surface area contributed by atoms with Gasteiger partial charge in [-0.15, -0.1) is 0 Å². The molecule has 1 aliphatic heterocycles. The molecule has 3 nitrogen and oxygen atoms in total. The van der Waals surface area contributed by atoms with Gasteiger partial charge in [0.05, 0.1) is 7.11 Å². The van der Waals surface area contributed by atoms with Crippen LogP contribution in [0.3, 0.4) is 0 Å². The summed E-state index contributed by atoms with van der Waals surface area (Å²) in [5, 5.41) is 3.79. The summed E-state index contributed by atoms with van der Waals surface area (Å²) in [6.45, 7) is 7.08. The molecule has 0 bridgehead atoms. The molecule has 3 atom stereocenters. The lowest BCUT2D eigenvalue weighted by atomic mass is 9.91. The number of piperidine rings is 1. The number of para-hydroxylation sites is 1. The number of hydrogen-bond donors (Lipinski definition) is 1. The maximum absolute atomic E-state index is 5.45. The van der Waals surface area contributed by atoms with Gasteiger partial charge in [-0.05, 0) is 64.3 Å². The minimum absolute atomic E-state index is 0.462. The van der Waals surface area contributed by atoms with Gasteiger partial charge >= 0.3 is 0 Å². The van der Waals surface area contributed by atoms with E-state index < -0.39 is 0 Å². The van der Waals surface area contributed by atoms with Crippen LogP contribution in [-0.2, 0) is 6.42 Å². The van der Waals surface area contributed by atoms with Crippen molar-refractivity contribution in [3.63, 3.8) is 0 Å². The monoisotopic (exact) mass is 290 g/mol. The first-order chi connectivity index (χ1) is 10.1. The Morgan fingerprint density at radius 1 is 1.33 bits per heavy atom. The van der Waals surface area contributed by atoms with Gasteiger partial charge in [0, 0.05) is 18.6 Å². The summed E-state index contributed by atoms with van der Waals surface area (Å²) in [6, 6.07) is 9.35. The van der Waals surface area contributed by atoms with E-state index in [0.717, 1.165) is 18.1 Å². The van der Waals surface area contributed by atoms with E-state index in [2.05, 4.69) is 43.2 Å². The molecule has 0 aliphatic carbocycles. The third-order valence-electron chi connectivity index (χ3n) is 4.63. The lowest BCUT2D eigenvalue weighted by Crippen LogP contribution is -2.46. The smallest absolute Gasteiger partial charge is 0.122 e. The van der Waals surface area contributed by atoms with Crippen molar-refractivity contribution >= 4 is 0 Å². The van der Waals surface area contributed by atoms with Gasteiger partial charge in [-0.2, -0.15) is 0 Å². The molecule has 0 saturated carbocycles. The molecule has 2 rings (SSSR count). The number of likely N-dealkylation sites (tertiary alicyclic amines) is 1. The molecule has 118 valence electrons. The molecule has 0 amide bonds. The fourth-order valence-electron chi connectivity index (χ4n) is 3.46. The highest BCUT2D eigenvalue weighted by Gasteiger charge is 2.23. The number of hydrogen-bond acceptors (Lipinski definition) is 3. The molecule has 0 spiro atoms. The number of benzene rings is 1. The molecule has 0 aromatic heterocycles. The van der Waals surface area contributed by atoms with Gasteiger partial charge in [0.1, 0.15) is 5.75 Å². The number of rotatable bonds is 6. The largest absolute Gasteiger partial charge is 0.496 e. The summed E-state index contributed by atoms with van der Waals surface area (Å²) < 4.78 is 5.45. The highest BCUT2D eigenvalue weighted by atomic mass is 16.5. The highest BCUT2D eigenvalue weighted by molar-refractivity contribution is 5.33. The zero-order valence-electron chi connectivity index (χ0n) is 13.9. The van der Waals surface area contributed by atoms with Crippen LogP contribution in [0.5, 0.6) is 5.75 Å². The summed E-state index contributed by atoms with van der Waals surface area (Å²) in [6.07, 6.45) is 3.69. The first kappa shape index (κ1) is 16.3. The van der Waals surface area contributed by atoms with E-state index in [-0.39, 0.29) is 0 Å². The van der Waals surface area contributed by atoms with Gasteiger partial charge in [-0.25, -0.2) is 0 Å². The standard InChI is InChI=1S/C18H30N2O/c1-14(12-16-8-5-6-10-18(16)21-4)19-15(2)17-9-7-11-20(3)13-17/h5-6,8,10,14-15,17,19H,7,9,11-13H2,1-4H3. The van der Waals surface area contributed by atoms with Gasteiger partial charge in [0.15, 0.2) is 0 Å². The molecule has 21 heavy (non-hydrogen) atoms. The van der Waals surface area contributed by atoms with Gasteiger partial charge < -0.3 is 15.0 Å². The quantitative estimate of drug-likeness (QED) is 0.872. The second-order valence-electron chi connectivity index (χ2n) is 6.54. The fourth-order valence-corrected chi connectivity index (χ4v) is 3.46. The van der Waals surface area contributed by atoms with Crippen LogP contribution in [0.2, 0.25) is 0 Å². The number of ether oxygens (including phenoxy) is 1. The molecule has 1 aliphatic rings. The van der Waals surface area contributed by atoms with E-state index >= 15 is 0 Å². The van der Waals surface area contributed by atoms with E-state index in [1.807, 2.05) is 12.1 Å². The van der Waals surface area contributed by atoms with Crippen molar-refractivity contribution in [3.8, 4) is 5.75 Å². The minimum atomic E-state index is 0.462. The average Bonchev–Trinajstić information content (AvgIpc) is 2.47. The van der Waals surface area contributed by atoms with Crippen molar-refractivity contribution < 1.29 is 4.74 Å². The Kier molecular flexibility index (Phi) is 6.07. The van der Waals surface area contributed by atoms with Crippen LogP contribution >= 0.6 is 0 Å². The molecule has 3 heteroatoms. The Morgan fingerprint density at radius 3 is 2.81 bits per heavy atom. The normalized spacial score (nSPS) is 22.8. The zero-order chi connectivity index (χ0) is 15.2. The van der Waals surface area contributed by atoms with Crippen molar-refractivity contribution in [2.45, 2.75) is 45.2 Å². The molecule has 0 radical (unpaired) electrons. The summed E-state index contributed by atoms with van der Waals surface area (Å²) in [4.78, 5) is 2.46. The third-order valence-corrected chi connectivity index (χ3v) is 4.63. The van der Waals surface area contributed by atoms with Crippen LogP contribution < -0.4 is 10.1 Å². The van der Waals surface area contributed by atoms with Gasteiger partial charge in [-0.3, -0.25) is 0 Å². The van der Waals surface area contributed by atoms with Crippen LogP contribution in [0.4, 0.5) is 0 Å². The van der Waals surface area contributed by atoms with Crippen LogP contribution in [-0.4, -0.2) is 44.2 Å². The SMILES string of the molecule is COc1ccccc1CC(C)NC(C)C1CCCN(C)C1. The molecule has 3 unspecified atom stereocenters. The summed E-state index contributed by atoms with van der Waals surface area (Å²) in [5.74, 6) is 1.76. The Morgan fingerprint density at radius 2 is 2.10 bits per heavy atom. The van der Waals surface area contributed by atoms with E-state index in [1.165, 1.54) is 31.5 Å². The van der Waals surface area contributed by atoms with Gasteiger partial charge in [0.25, 0.3) is 0 Å². The summed E-state index contributed by atoms with van der Waals surface area (Å²) in [7, 11) is 3.98. The second-order valence-corrected chi connectivity index (χ2v) is 6.54. The first-order valence-electron chi connectivity index (χ1n) is 8.16. The van der Waals surface area contributed by atoms with Crippen molar-refractivity contribution in [3.05, 3.63) is 29.8 Å². The third kappa shape index (κ3) is 4.72. The van der Waals surface area contributed by atoms with Crippen LogP contribution in [0.1, 0.15) is 32.3 Å². The fraction of sp³-hybridized carbons (Fsp3) is 0.667. The van der Waals surface area contributed by atoms with Gasteiger partial charge in [-0.1, -0.05) is 18.2 Å². The first-order valence-corrected chi connectivity index (χ1v) is 8.16. The van der Waals surface area contributed by atoms with E-state index in [1.54, 1.807) is 7.11 Å². The van der Waals surface area contributed by atoms with Crippen molar-refractivity contribution in [2.75, 3.05) is 27.2 Å². The Labute approximate surface area is 129 Å². The van der Waals surface area contributed by atoms with E-state index in [4.69, 9.17) is 4.74 Å². The Bertz CT molecular complexity index is 435. The number of nitrogens with one attached hydrogen (secondary N) is 1. The number of nitrogens with zero attached hydrogens (tertiary/aromatic N) is 1. The lowest BCUT2D eigenvalue weighted by molar-refractivity contribution is 0.174. The van der Waals surface area contributed by atoms with Crippen LogP contribution in [0, 0.1) is 5.92 Å². The number of methoxy groups -OCH3 is 1. The maximum atomic E-state index is 5.45. The van der Waals surface area contributed by atoms with Crippen molar-refractivity contribution in [2.24, 2.45) is 5.92 Å². The average molecular weight is 290 g/mol. The van der Waals surface area contributed by atoms with E-state index in [9.17, 15) is 0 Å². The topological polar surface area (TPSA) is 24.5 Å². The second kappa shape index (κ2) is 7.81. The Hall–Kier alpha value is -1.06. The van der Waals surface area contributed by atoms with Crippen molar-refractivity contribution in [1.29, 1.82) is 0 Å². The molecule has 1 aromatic carbocycles. The van der Waals surface area contributed by atoms with Crippen molar-refractivity contribution in [1.82, 2.24) is 10.2 Å². The maximum Gasteiger partial charge on any atom is 0.122 e. The highest BCUT2D eigenvalue weighted by Crippen LogP contribution is 2.21. The minimum Gasteiger partial charge on any atom is -0.496 e. The molecular weight excluding hydrogens is 260 g/mol. The Balaban J connectivity index is 1.87. The molecule has 1 N–H and O–H groups in total. The zero-order valence-corrected chi connectivity index (χ0v) is 13.9. The van der Waals surface area contributed by atoms with Crippen LogP contribution in [0.15, 0.2) is 24.3 Å². The van der Waals surface area contributed by atoms with E-state index in [0.29, 0.717) is 12.1 Å².